The van der Waals surface area contributed by atoms with Gasteiger partial charge in [0.2, 0.25) is 21.8 Å². The lowest BCUT2D eigenvalue weighted by atomic mass is 10.1. The molecule has 1 aromatic carbocycles. The lowest BCUT2D eigenvalue weighted by Crippen LogP contribution is -2.52. The first-order valence-electron chi connectivity index (χ1n) is 13.2. The van der Waals surface area contributed by atoms with E-state index in [4.69, 9.17) is 9.47 Å². The molecule has 0 unspecified atom stereocenters. The molecule has 3 rings (SSSR count). The van der Waals surface area contributed by atoms with E-state index in [0.29, 0.717) is 31.9 Å². The van der Waals surface area contributed by atoms with Gasteiger partial charge in [0.05, 0.1) is 25.0 Å². The molecule has 222 valence electrons. The Labute approximate surface area is 234 Å². The van der Waals surface area contributed by atoms with Crippen LogP contribution in [0.5, 0.6) is 0 Å². The topological polar surface area (TPSA) is 172 Å². The summed E-state index contributed by atoms with van der Waals surface area (Å²) in [5.74, 6) is -2.74. The highest BCUT2D eigenvalue weighted by Gasteiger charge is 2.43. The van der Waals surface area contributed by atoms with Crippen molar-refractivity contribution in [2.45, 2.75) is 69.5 Å². The average molecular weight is 583 g/mol. The highest BCUT2D eigenvalue weighted by atomic mass is 32.2. The summed E-state index contributed by atoms with van der Waals surface area (Å²) in [6.45, 7) is 6.44. The van der Waals surface area contributed by atoms with E-state index >= 15 is 0 Å². The molecule has 14 heteroatoms. The number of rotatable bonds is 10. The number of aliphatic carboxylic acids is 1. The largest absolute Gasteiger partial charge is 0.480 e. The number of hydrogen-bond donors (Lipinski definition) is 3. The van der Waals surface area contributed by atoms with Crippen LogP contribution in [-0.4, -0.2) is 104 Å². The lowest BCUT2D eigenvalue weighted by Gasteiger charge is -2.29. The van der Waals surface area contributed by atoms with Gasteiger partial charge in [0.15, 0.2) is 0 Å². The van der Waals surface area contributed by atoms with E-state index in [0.717, 1.165) is 4.90 Å². The molecule has 1 aromatic rings. The third-order valence-corrected chi connectivity index (χ3v) is 7.78. The third-order valence-electron chi connectivity index (χ3n) is 6.42. The van der Waals surface area contributed by atoms with Gasteiger partial charge in [0.1, 0.15) is 17.7 Å². The van der Waals surface area contributed by atoms with E-state index in [1.54, 1.807) is 56.0 Å². The van der Waals surface area contributed by atoms with Crippen LogP contribution >= 0.6 is 0 Å². The Morgan fingerprint density at radius 1 is 1.12 bits per heavy atom. The number of carboxylic acid groups (broad SMARTS) is 1. The molecule has 13 nitrogen and oxygen atoms in total. The summed E-state index contributed by atoms with van der Waals surface area (Å²) >= 11 is 0. The number of carbonyl (C=O) groups excluding carboxylic acids is 3. The zero-order valence-corrected chi connectivity index (χ0v) is 23.8. The molecule has 2 saturated heterocycles. The Bertz CT molecular complexity index is 1160. The highest BCUT2D eigenvalue weighted by molar-refractivity contribution is 7.88. The number of sulfonamides is 1. The van der Waals surface area contributed by atoms with Crippen molar-refractivity contribution in [3.8, 4) is 0 Å². The van der Waals surface area contributed by atoms with Gasteiger partial charge in [0.25, 0.3) is 0 Å². The molecule has 0 radical (unpaired) electrons. The lowest BCUT2D eigenvalue weighted by molar-refractivity contribution is -0.149. The van der Waals surface area contributed by atoms with Crippen molar-refractivity contribution in [2.75, 3.05) is 32.8 Å². The van der Waals surface area contributed by atoms with Gasteiger partial charge in [-0.15, -0.1) is 0 Å². The van der Waals surface area contributed by atoms with Crippen molar-refractivity contribution in [2.24, 2.45) is 0 Å². The second kappa shape index (κ2) is 13.4. The smallest absolute Gasteiger partial charge is 0.407 e. The summed E-state index contributed by atoms with van der Waals surface area (Å²) in [5, 5.41) is 12.4. The summed E-state index contributed by atoms with van der Waals surface area (Å²) < 4.78 is 39.0. The van der Waals surface area contributed by atoms with Gasteiger partial charge in [-0.1, -0.05) is 30.3 Å². The van der Waals surface area contributed by atoms with Gasteiger partial charge in [-0.25, -0.2) is 22.7 Å². The van der Waals surface area contributed by atoms with E-state index in [1.165, 1.54) is 0 Å². The fourth-order valence-electron chi connectivity index (χ4n) is 4.62. The van der Waals surface area contributed by atoms with Crippen LogP contribution in [0.3, 0.4) is 0 Å². The van der Waals surface area contributed by atoms with Crippen molar-refractivity contribution in [3.63, 3.8) is 0 Å². The van der Waals surface area contributed by atoms with Crippen LogP contribution in [0.15, 0.2) is 30.3 Å². The minimum absolute atomic E-state index is 0.0868. The summed E-state index contributed by atoms with van der Waals surface area (Å²) in [5.41, 5.74) is -0.281. The molecule has 0 saturated carbocycles. The molecule has 2 fully saturated rings. The molecule has 2 aliphatic heterocycles. The number of likely N-dealkylation sites (tertiary alicyclic amines) is 1. The highest BCUT2D eigenvalue weighted by Crippen LogP contribution is 2.22. The fourth-order valence-corrected chi connectivity index (χ4v) is 5.98. The van der Waals surface area contributed by atoms with Crippen LogP contribution < -0.4 is 10.0 Å². The molecule has 3 atom stereocenters. The number of amides is 3. The molecule has 3 amide bonds. The number of ether oxygens (including phenoxy) is 2. The molecule has 0 bridgehead atoms. The molecule has 0 aliphatic carbocycles. The quantitative estimate of drug-likeness (QED) is 0.359. The number of benzene rings is 1. The molecule has 0 aromatic heterocycles. The monoisotopic (exact) mass is 582 g/mol. The zero-order chi connectivity index (χ0) is 29.5. The van der Waals surface area contributed by atoms with Crippen molar-refractivity contribution in [1.29, 1.82) is 0 Å². The minimum Gasteiger partial charge on any atom is -0.480 e. The molecule has 0 spiro atoms. The van der Waals surface area contributed by atoms with Crippen LogP contribution in [0.4, 0.5) is 4.79 Å². The van der Waals surface area contributed by atoms with E-state index in [1.807, 2.05) is 0 Å². The summed E-state index contributed by atoms with van der Waals surface area (Å²) in [7, 11) is -4.05. The molecule has 2 aliphatic rings. The van der Waals surface area contributed by atoms with Crippen LogP contribution in [-0.2, 0) is 39.6 Å². The predicted octanol–water partition coefficient (Wildman–Crippen LogP) is 0.692. The van der Waals surface area contributed by atoms with E-state index < -0.39 is 57.5 Å². The number of carboxylic acids is 1. The number of hydrogen-bond acceptors (Lipinski definition) is 8. The van der Waals surface area contributed by atoms with E-state index in [-0.39, 0.29) is 31.7 Å². The second-order valence-electron chi connectivity index (χ2n) is 10.9. The van der Waals surface area contributed by atoms with Crippen molar-refractivity contribution in [3.05, 3.63) is 35.9 Å². The fraction of sp³-hybridized carbons (Fsp3) is 0.615. The average Bonchev–Trinajstić information content (AvgIpc) is 3.29. The van der Waals surface area contributed by atoms with E-state index in [9.17, 15) is 32.7 Å². The Balaban J connectivity index is 1.77. The molecular weight excluding hydrogens is 544 g/mol. The number of morpholine rings is 1. The molecular formula is C26H38N4O9S. The Morgan fingerprint density at radius 2 is 1.77 bits per heavy atom. The number of carbonyl (C=O) groups is 4. The van der Waals surface area contributed by atoms with Gasteiger partial charge >= 0.3 is 12.1 Å². The minimum atomic E-state index is -4.05. The third kappa shape index (κ3) is 9.45. The van der Waals surface area contributed by atoms with Crippen molar-refractivity contribution >= 4 is 33.9 Å². The summed E-state index contributed by atoms with van der Waals surface area (Å²) in [6, 6.07) is 4.97. The summed E-state index contributed by atoms with van der Waals surface area (Å²) in [6.07, 6.45) is -1.14. The van der Waals surface area contributed by atoms with Crippen LogP contribution in [0.1, 0.15) is 45.6 Å². The summed E-state index contributed by atoms with van der Waals surface area (Å²) in [4.78, 5) is 53.4. The van der Waals surface area contributed by atoms with Crippen molar-refractivity contribution in [1.82, 2.24) is 19.8 Å². The number of nitrogens with zero attached hydrogens (tertiary/aromatic N) is 2. The maximum Gasteiger partial charge on any atom is 0.407 e. The normalized spacial score (nSPS) is 20.6. The van der Waals surface area contributed by atoms with E-state index in [2.05, 4.69) is 10.0 Å². The van der Waals surface area contributed by atoms with Gasteiger partial charge in [0, 0.05) is 32.5 Å². The molecule has 40 heavy (non-hydrogen) atoms. The van der Waals surface area contributed by atoms with Gasteiger partial charge in [-0.3, -0.25) is 9.59 Å². The van der Waals surface area contributed by atoms with Crippen LogP contribution in [0.2, 0.25) is 0 Å². The molecule has 2 heterocycles. The Kier molecular flexibility index (Phi) is 10.5. The van der Waals surface area contributed by atoms with Crippen LogP contribution in [0, 0.1) is 0 Å². The van der Waals surface area contributed by atoms with Crippen molar-refractivity contribution < 1.29 is 42.2 Å². The number of nitrogens with one attached hydrogen (secondary N) is 2. The first-order chi connectivity index (χ1) is 18.7. The zero-order valence-electron chi connectivity index (χ0n) is 23.0. The Hall–Kier alpha value is -3.23. The standard InChI is InChI=1S/C26H38N4O9S/c1-26(2,3)39-25(35)27-19-15-21(24(33)34)30(16-19)23(32)20(9-10-22(31)29-11-13-38-14-12-29)28-40(36,37)17-18-7-5-4-6-8-18/h4-8,19-21,28H,9-17H2,1-3H3,(H,27,35)(H,33,34)/t19-,20+,21-/m0/s1. The first kappa shape index (κ1) is 31.3. The maximum absolute atomic E-state index is 13.7. The number of alkyl carbamates (subject to hydrolysis) is 1. The SMILES string of the molecule is CC(C)(C)OC(=O)N[C@H]1C[C@@H](C(=O)O)N(C(=O)[C@@H](CCC(=O)N2CCOCC2)NS(=O)(=O)Cc2ccccc2)C1. The molecule has 3 N–H and O–H groups in total. The van der Waals surface area contributed by atoms with Gasteiger partial charge in [-0.05, 0) is 32.8 Å². The maximum atomic E-state index is 13.7. The first-order valence-corrected chi connectivity index (χ1v) is 14.8. The van der Waals surface area contributed by atoms with Gasteiger partial charge in [-0.2, -0.15) is 0 Å². The Morgan fingerprint density at radius 3 is 2.38 bits per heavy atom. The van der Waals surface area contributed by atoms with Gasteiger partial charge < -0.3 is 29.7 Å². The predicted molar refractivity (Wildman–Crippen MR) is 144 cm³/mol. The second-order valence-corrected chi connectivity index (χ2v) is 12.6. The van der Waals surface area contributed by atoms with Crippen LogP contribution in [0.25, 0.3) is 0 Å².